The number of rotatable bonds is 4. The highest BCUT2D eigenvalue weighted by Gasteiger charge is 2.21. The molecule has 0 fully saturated rings. The zero-order valence-electron chi connectivity index (χ0n) is 11.5. The van der Waals surface area contributed by atoms with Crippen molar-refractivity contribution in [3.8, 4) is 0 Å². The molecular weight excluding hydrogens is 274 g/mol. The summed E-state index contributed by atoms with van der Waals surface area (Å²) in [6.07, 6.45) is 4.78. The maximum Gasteiger partial charge on any atom is 0.257 e. The zero-order valence-corrected chi connectivity index (χ0v) is 12.2. The lowest BCUT2D eigenvalue weighted by molar-refractivity contribution is 0.0687. The highest BCUT2D eigenvalue weighted by molar-refractivity contribution is 6.33. The second-order valence-electron chi connectivity index (χ2n) is 4.70. The van der Waals surface area contributed by atoms with Crippen LogP contribution in [-0.4, -0.2) is 26.8 Å². The molecular formula is C15H16ClN3O. The lowest BCUT2D eigenvalue weighted by Gasteiger charge is -2.26. The van der Waals surface area contributed by atoms with E-state index in [9.17, 15) is 4.79 Å². The molecule has 0 spiro atoms. The molecule has 0 unspecified atom stereocenters. The molecule has 0 radical (unpaired) electrons. The average molecular weight is 290 g/mol. The maximum atomic E-state index is 12.6. The first-order chi connectivity index (χ1) is 9.59. The standard InChI is InChI=1S/C15H16ClN3O/c1-11(2)19(10-12-5-3-4-7-18-12)15(20)13-9-17-8-6-14(13)16/h3-9,11H,10H2,1-2H3. The van der Waals surface area contributed by atoms with Crippen molar-refractivity contribution >= 4 is 17.5 Å². The van der Waals surface area contributed by atoms with Crippen LogP contribution in [0.15, 0.2) is 42.9 Å². The van der Waals surface area contributed by atoms with Crippen LogP contribution in [0.5, 0.6) is 0 Å². The number of hydrogen-bond donors (Lipinski definition) is 0. The van der Waals surface area contributed by atoms with Crippen LogP contribution in [0, 0.1) is 0 Å². The first kappa shape index (κ1) is 14.5. The molecule has 0 atom stereocenters. The highest BCUT2D eigenvalue weighted by atomic mass is 35.5. The van der Waals surface area contributed by atoms with Crippen molar-refractivity contribution in [3.05, 3.63) is 59.1 Å². The van der Waals surface area contributed by atoms with E-state index >= 15 is 0 Å². The minimum absolute atomic E-state index is 0.0424. The molecule has 2 aromatic rings. The Morgan fingerprint density at radius 1 is 1.30 bits per heavy atom. The quantitative estimate of drug-likeness (QED) is 0.868. The van der Waals surface area contributed by atoms with Crippen LogP contribution < -0.4 is 0 Å². The third kappa shape index (κ3) is 3.33. The lowest BCUT2D eigenvalue weighted by atomic mass is 10.2. The van der Waals surface area contributed by atoms with Gasteiger partial charge in [0, 0.05) is 24.6 Å². The van der Waals surface area contributed by atoms with Gasteiger partial charge in [-0.25, -0.2) is 0 Å². The van der Waals surface area contributed by atoms with E-state index < -0.39 is 0 Å². The van der Waals surface area contributed by atoms with E-state index in [0.717, 1.165) is 5.69 Å². The molecule has 1 amide bonds. The van der Waals surface area contributed by atoms with Crippen molar-refractivity contribution in [2.45, 2.75) is 26.4 Å². The number of pyridine rings is 2. The average Bonchev–Trinajstić information content (AvgIpc) is 2.45. The van der Waals surface area contributed by atoms with Gasteiger partial charge in [0.1, 0.15) is 0 Å². The fraction of sp³-hybridized carbons (Fsp3) is 0.267. The maximum absolute atomic E-state index is 12.6. The summed E-state index contributed by atoms with van der Waals surface area (Å²) in [4.78, 5) is 22.5. The summed E-state index contributed by atoms with van der Waals surface area (Å²) in [5.74, 6) is -0.135. The Bertz CT molecular complexity index is 587. The molecule has 0 aliphatic heterocycles. The monoisotopic (exact) mass is 289 g/mol. The first-order valence-corrected chi connectivity index (χ1v) is 6.77. The highest BCUT2D eigenvalue weighted by Crippen LogP contribution is 2.18. The molecule has 0 aliphatic carbocycles. The van der Waals surface area contributed by atoms with E-state index in [1.54, 1.807) is 23.4 Å². The van der Waals surface area contributed by atoms with Crippen molar-refractivity contribution in [3.63, 3.8) is 0 Å². The van der Waals surface area contributed by atoms with E-state index in [-0.39, 0.29) is 11.9 Å². The number of amides is 1. The van der Waals surface area contributed by atoms with Crippen LogP contribution >= 0.6 is 11.6 Å². The molecule has 104 valence electrons. The molecule has 0 saturated heterocycles. The Kier molecular flexibility index (Phi) is 4.69. The molecule has 2 heterocycles. The second-order valence-corrected chi connectivity index (χ2v) is 5.11. The third-order valence-corrected chi connectivity index (χ3v) is 3.27. The fourth-order valence-electron chi connectivity index (χ4n) is 1.84. The van der Waals surface area contributed by atoms with Crippen LogP contribution in [0.25, 0.3) is 0 Å². The summed E-state index contributed by atoms with van der Waals surface area (Å²) >= 11 is 6.07. The zero-order chi connectivity index (χ0) is 14.5. The van der Waals surface area contributed by atoms with Gasteiger partial charge in [0.25, 0.3) is 5.91 Å². The molecule has 5 heteroatoms. The van der Waals surface area contributed by atoms with Crippen LogP contribution in [0.4, 0.5) is 0 Å². The molecule has 20 heavy (non-hydrogen) atoms. The van der Waals surface area contributed by atoms with Crippen LogP contribution in [0.2, 0.25) is 5.02 Å². The molecule has 0 aromatic carbocycles. The van der Waals surface area contributed by atoms with Gasteiger partial charge in [0.2, 0.25) is 0 Å². The number of carbonyl (C=O) groups is 1. The number of carbonyl (C=O) groups excluding carboxylic acids is 1. The summed E-state index contributed by atoms with van der Waals surface area (Å²) in [5.41, 5.74) is 1.26. The molecule has 4 nitrogen and oxygen atoms in total. The largest absolute Gasteiger partial charge is 0.330 e. The van der Waals surface area contributed by atoms with Crippen molar-refractivity contribution in [2.24, 2.45) is 0 Å². The topological polar surface area (TPSA) is 46.1 Å². The summed E-state index contributed by atoms with van der Waals surface area (Å²) in [5, 5.41) is 0.414. The van der Waals surface area contributed by atoms with E-state index in [4.69, 9.17) is 11.6 Å². The number of nitrogens with zero attached hydrogens (tertiary/aromatic N) is 3. The third-order valence-electron chi connectivity index (χ3n) is 2.94. The van der Waals surface area contributed by atoms with Crippen molar-refractivity contribution in [2.75, 3.05) is 0 Å². The Hall–Kier alpha value is -1.94. The van der Waals surface area contributed by atoms with E-state index in [0.29, 0.717) is 17.1 Å². The van der Waals surface area contributed by atoms with Crippen LogP contribution in [0.1, 0.15) is 29.9 Å². The van der Waals surface area contributed by atoms with Crippen molar-refractivity contribution < 1.29 is 4.79 Å². The molecule has 2 aromatic heterocycles. The summed E-state index contributed by atoms with van der Waals surface area (Å²) in [6, 6.07) is 7.31. The minimum Gasteiger partial charge on any atom is -0.330 e. The summed E-state index contributed by atoms with van der Waals surface area (Å²) in [6.45, 7) is 4.37. The van der Waals surface area contributed by atoms with Gasteiger partial charge in [-0.1, -0.05) is 17.7 Å². The van der Waals surface area contributed by atoms with E-state index in [1.807, 2.05) is 32.0 Å². The van der Waals surface area contributed by atoms with Gasteiger partial charge < -0.3 is 4.90 Å². The van der Waals surface area contributed by atoms with Crippen molar-refractivity contribution in [1.29, 1.82) is 0 Å². The molecule has 2 rings (SSSR count). The minimum atomic E-state index is -0.135. The summed E-state index contributed by atoms with van der Waals surface area (Å²) < 4.78 is 0. The number of aromatic nitrogens is 2. The van der Waals surface area contributed by atoms with Gasteiger partial charge >= 0.3 is 0 Å². The Morgan fingerprint density at radius 3 is 2.70 bits per heavy atom. The predicted octanol–water partition coefficient (Wildman–Crippen LogP) is 3.18. The predicted molar refractivity (Wildman–Crippen MR) is 78.5 cm³/mol. The van der Waals surface area contributed by atoms with E-state index in [1.165, 1.54) is 6.20 Å². The van der Waals surface area contributed by atoms with Gasteiger partial charge in [0.15, 0.2) is 0 Å². The Morgan fingerprint density at radius 2 is 2.10 bits per heavy atom. The summed E-state index contributed by atoms with van der Waals surface area (Å²) in [7, 11) is 0. The smallest absolute Gasteiger partial charge is 0.257 e. The van der Waals surface area contributed by atoms with Gasteiger partial charge in [0.05, 0.1) is 22.8 Å². The van der Waals surface area contributed by atoms with Gasteiger partial charge in [-0.2, -0.15) is 0 Å². The van der Waals surface area contributed by atoms with E-state index in [2.05, 4.69) is 9.97 Å². The van der Waals surface area contributed by atoms with Crippen LogP contribution in [0.3, 0.4) is 0 Å². The SMILES string of the molecule is CC(C)N(Cc1ccccn1)C(=O)c1cnccc1Cl. The molecule has 0 N–H and O–H groups in total. The molecule has 0 saturated carbocycles. The van der Waals surface area contributed by atoms with Gasteiger partial charge in [-0.05, 0) is 32.0 Å². The second kappa shape index (κ2) is 6.48. The normalized spacial score (nSPS) is 10.6. The number of hydrogen-bond acceptors (Lipinski definition) is 3. The first-order valence-electron chi connectivity index (χ1n) is 6.40. The van der Waals surface area contributed by atoms with Crippen molar-refractivity contribution in [1.82, 2.24) is 14.9 Å². The fourth-order valence-corrected chi connectivity index (χ4v) is 2.03. The molecule has 0 bridgehead atoms. The van der Waals surface area contributed by atoms with Crippen LogP contribution in [-0.2, 0) is 6.54 Å². The lowest BCUT2D eigenvalue weighted by Crippen LogP contribution is -2.36. The number of halogens is 1. The van der Waals surface area contributed by atoms with Gasteiger partial charge in [-0.15, -0.1) is 0 Å². The Labute approximate surface area is 123 Å². The Balaban J connectivity index is 2.25. The molecule has 0 aliphatic rings. The van der Waals surface area contributed by atoms with Gasteiger partial charge in [-0.3, -0.25) is 14.8 Å².